The lowest BCUT2D eigenvalue weighted by atomic mass is 9.96. The van der Waals surface area contributed by atoms with Gasteiger partial charge in [0.25, 0.3) is 5.91 Å². The van der Waals surface area contributed by atoms with Crippen LogP contribution in [0.1, 0.15) is 30.1 Å². The fourth-order valence-corrected chi connectivity index (χ4v) is 3.15. The van der Waals surface area contributed by atoms with Gasteiger partial charge < -0.3 is 15.0 Å². The molecule has 1 atom stereocenters. The van der Waals surface area contributed by atoms with E-state index in [1.54, 1.807) is 0 Å². The Bertz CT molecular complexity index is 487. The maximum absolute atomic E-state index is 12.7. The van der Waals surface area contributed by atoms with Crippen molar-refractivity contribution in [3.63, 3.8) is 0 Å². The molecule has 0 bridgehead atoms. The molecule has 0 aliphatic carbocycles. The largest absolute Gasteiger partial charge is 0.363 e. The van der Waals surface area contributed by atoms with E-state index in [-0.39, 0.29) is 18.3 Å². The number of hydrogen-bond acceptors (Lipinski definition) is 3. The van der Waals surface area contributed by atoms with Crippen LogP contribution in [0.25, 0.3) is 0 Å². The molecule has 1 amide bonds. The van der Waals surface area contributed by atoms with Gasteiger partial charge in [0.2, 0.25) is 0 Å². The van der Waals surface area contributed by atoms with Crippen LogP contribution in [0.5, 0.6) is 0 Å². The fourth-order valence-electron chi connectivity index (χ4n) is 3.15. The molecule has 4 nitrogen and oxygen atoms in total. The van der Waals surface area contributed by atoms with E-state index >= 15 is 0 Å². The molecule has 0 spiro atoms. The quantitative estimate of drug-likeness (QED) is 0.907. The van der Waals surface area contributed by atoms with Crippen molar-refractivity contribution in [2.24, 2.45) is 0 Å². The van der Waals surface area contributed by atoms with Crippen molar-refractivity contribution in [3.05, 3.63) is 35.4 Å². The van der Waals surface area contributed by atoms with Crippen molar-refractivity contribution >= 4 is 18.3 Å². The number of piperidine rings is 1. The number of nitrogens with zero attached hydrogens (tertiary/aromatic N) is 1. The van der Waals surface area contributed by atoms with Crippen molar-refractivity contribution in [2.45, 2.75) is 31.4 Å². The minimum absolute atomic E-state index is 0. The van der Waals surface area contributed by atoms with Crippen LogP contribution in [0.2, 0.25) is 0 Å². The van der Waals surface area contributed by atoms with E-state index in [1.165, 1.54) is 5.56 Å². The summed E-state index contributed by atoms with van der Waals surface area (Å²) in [5.74, 6) is 0.131. The Hall–Kier alpha value is -1.10. The first-order valence-electron chi connectivity index (χ1n) is 7.45. The van der Waals surface area contributed by atoms with Gasteiger partial charge in [-0.05, 0) is 37.4 Å². The number of nitrogens with one attached hydrogen (secondary N) is 1. The lowest BCUT2D eigenvalue weighted by molar-refractivity contribution is -0.146. The Morgan fingerprint density at radius 2 is 2.00 bits per heavy atom. The van der Waals surface area contributed by atoms with Crippen molar-refractivity contribution in [3.8, 4) is 0 Å². The summed E-state index contributed by atoms with van der Waals surface area (Å²) in [6.45, 7) is 2.29. The third kappa shape index (κ3) is 3.39. The zero-order valence-corrected chi connectivity index (χ0v) is 13.2. The van der Waals surface area contributed by atoms with Gasteiger partial charge in [-0.25, -0.2) is 0 Å². The summed E-state index contributed by atoms with van der Waals surface area (Å²) in [5.41, 5.74) is 2.31. The molecule has 2 aliphatic rings. The van der Waals surface area contributed by atoms with Crippen molar-refractivity contribution < 1.29 is 9.53 Å². The Morgan fingerprint density at radius 1 is 1.29 bits per heavy atom. The summed E-state index contributed by atoms with van der Waals surface area (Å²) >= 11 is 0. The number of carbonyl (C=O) groups is 1. The van der Waals surface area contributed by atoms with Gasteiger partial charge in [-0.2, -0.15) is 0 Å². The van der Waals surface area contributed by atoms with E-state index in [4.69, 9.17) is 4.74 Å². The highest BCUT2D eigenvalue weighted by molar-refractivity contribution is 5.85. The monoisotopic (exact) mass is 310 g/mol. The molecule has 5 heteroatoms. The molecule has 116 valence electrons. The standard InChI is InChI=1S/C16H22N2O2.ClH/c1-17-13-6-9-18(10-7-13)16(19)15-14-5-3-2-4-12(14)8-11-20-15;/h2-5,13,15,17H,6-11H2,1H3;1H. The Morgan fingerprint density at radius 3 is 2.71 bits per heavy atom. The highest BCUT2D eigenvalue weighted by atomic mass is 35.5. The fraction of sp³-hybridized carbons (Fsp3) is 0.562. The molecule has 21 heavy (non-hydrogen) atoms. The first-order valence-corrected chi connectivity index (χ1v) is 7.45. The molecule has 2 heterocycles. The van der Waals surface area contributed by atoms with E-state index in [0.29, 0.717) is 12.6 Å². The molecule has 0 saturated carbocycles. The summed E-state index contributed by atoms with van der Waals surface area (Å²) in [5, 5.41) is 3.29. The van der Waals surface area contributed by atoms with Gasteiger partial charge in [0.05, 0.1) is 6.61 Å². The van der Waals surface area contributed by atoms with Gasteiger partial charge in [0.15, 0.2) is 6.10 Å². The van der Waals surface area contributed by atoms with Crippen molar-refractivity contribution in [1.82, 2.24) is 10.2 Å². The minimum Gasteiger partial charge on any atom is -0.363 e. The van der Waals surface area contributed by atoms with E-state index in [2.05, 4.69) is 11.4 Å². The van der Waals surface area contributed by atoms with Gasteiger partial charge in [0, 0.05) is 19.1 Å². The maximum atomic E-state index is 12.7. The van der Waals surface area contributed by atoms with Gasteiger partial charge in [-0.1, -0.05) is 24.3 Å². The predicted octanol–water partition coefficient (Wildman–Crippen LogP) is 1.93. The zero-order valence-electron chi connectivity index (χ0n) is 12.4. The van der Waals surface area contributed by atoms with E-state index in [1.807, 2.05) is 30.1 Å². The second-order valence-electron chi connectivity index (χ2n) is 5.59. The van der Waals surface area contributed by atoms with Crippen LogP contribution in [-0.2, 0) is 16.0 Å². The van der Waals surface area contributed by atoms with Crippen LogP contribution in [0.4, 0.5) is 0 Å². The average molecular weight is 311 g/mol. The summed E-state index contributed by atoms with van der Waals surface area (Å²) in [6.07, 6.45) is 2.56. The first kappa shape index (κ1) is 16.3. The third-order valence-corrected chi connectivity index (χ3v) is 4.43. The lowest BCUT2D eigenvalue weighted by Gasteiger charge is -2.35. The number of likely N-dealkylation sites (tertiary alicyclic amines) is 1. The molecule has 3 rings (SSSR count). The second kappa shape index (κ2) is 7.25. The molecule has 1 fully saturated rings. The molecule has 0 radical (unpaired) electrons. The van der Waals surface area contributed by atoms with Gasteiger partial charge in [-0.15, -0.1) is 12.4 Å². The van der Waals surface area contributed by atoms with Crippen molar-refractivity contribution in [1.29, 1.82) is 0 Å². The summed E-state index contributed by atoms with van der Waals surface area (Å²) in [4.78, 5) is 14.7. The molecule has 1 aromatic carbocycles. The van der Waals surface area contributed by atoms with E-state index in [0.717, 1.165) is 37.9 Å². The Kier molecular flexibility index (Phi) is 5.62. The second-order valence-corrected chi connectivity index (χ2v) is 5.59. The first-order chi connectivity index (χ1) is 9.79. The van der Waals surface area contributed by atoms with Crippen LogP contribution < -0.4 is 5.32 Å². The molecule has 1 saturated heterocycles. The van der Waals surface area contributed by atoms with Gasteiger partial charge in [-0.3, -0.25) is 4.79 Å². The maximum Gasteiger partial charge on any atom is 0.256 e. The average Bonchev–Trinajstić information content (AvgIpc) is 2.54. The number of halogens is 1. The molecular formula is C16H23ClN2O2. The van der Waals surface area contributed by atoms with Crippen LogP contribution in [-0.4, -0.2) is 43.6 Å². The molecule has 0 aromatic heterocycles. The Balaban J connectivity index is 0.00000161. The van der Waals surface area contributed by atoms with Crippen LogP contribution in [0, 0.1) is 0 Å². The molecule has 1 aromatic rings. The number of ether oxygens (including phenoxy) is 1. The molecule has 1 unspecified atom stereocenters. The van der Waals surface area contributed by atoms with Crippen LogP contribution in [0.15, 0.2) is 24.3 Å². The highest BCUT2D eigenvalue weighted by Gasteiger charge is 2.32. The molecular weight excluding hydrogens is 288 g/mol. The third-order valence-electron chi connectivity index (χ3n) is 4.43. The smallest absolute Gasteiger partial charge is 0.256 e. The van der Waals surface area contributed by atoms with E-state index in [9.17, 15) is 4.79 Å². The Labute approximate surface area is 132 Å². The van der Waals surface area contributed by atoms with Gasteiger partial charge in [0.1, 0.15) is 0 Å². The number of amides is 1. The number of fused-ring (bicyclic) bond motifs is 1. The molecule has 1 N–H and O–H groups in total. The van der Waals surface area contributed by atoms with E-state index < -0.39 is 6.10 Å². The summed E-state index contributed by atoms with van der Waals surface area (Å²) < 4.78 is 5.77. The predicted molar refractivity (Wildman–Crippen MR) is 84.7 cm³/mol. The number of carbonyl (C=O) groups excluding carboxylic acids is 1. The van der Waals surface area contributed by atoms with Gasteiger partial charge >= 0.3 is 0 Å². The summed E-state index contributed by atoms with van der Waals surface area (Å²) in [6, 6.07) is 8.69. The van der Waals surface area contributed by atoms with Crippen LogP contribution in [0.3, 0.4) is 0 Å². The van der Waals surface area contributed by atoms with Crippen molar-refractivity contribution in [2.75, 3.05) is 26.7 Å². The molecule has 2 aliphatic heterocycles. The highest BCUT2D eigenvalue weighted by Crippen LogP contribution is 2.29. The van der Waals surface area contributed by atoms with Crippen LogP contribution >= 0.6 is 12.4 Å². The number of hydrogen-bond donors (Lipinski definition) is 1. The summed E-state index contributed by atoms with van der Waals surface area (Å²) in [7, 11) is 1.99. The number of rotatable bonds is 2. The zero-order chi connectivity index (χ0) is 13.9. The SMILES string of the molecule is CNC1CCN(C(=O)C2OCCc3ccccc32)CC1.Cl. The topological polar surface area (TPSA) is 41.6 Å². The lowest BCUT2D eigenvalue weighted by Crippen LogP contribution is -2.46. The minimum atomic E-state index is -0.397. The normalized spacial score (nSPS) is 22.3. The number of benzene rings is 1.